The molecule has 2 heteroatoms. The Morgan fingerprint density at radius 1 is 2.25 bits per heavy atom. The summed E-state index contributed by atoms with van der Waals surface area (Å²) in [5, 5.41) is 0. The molecule has 0 aliphatic rings. The average Bonchev–Trinajstić information content (AvgIpc) is 1.38. The van der Waals surface area contributed by atoms with Gasteiger partial charge >= 0.3 is 0 Å². The van der Waals surface area contributed by atoms with Gasteiger partial charge in [-0.1, -0.05) is 13.3 Å². The fourth-order valence-corrected chi connectivity index (χ4v) is 0. The summed E-state index contributed by atoms with van der Waals surface area (Å²) in [7, 11) is 4.74. The third kappa shape index (κ3) is 22.8. The van der Waals surface area contributed by atoms with Crippen LogP contribution in [0.5, 0.6) is 0 Å². The van der Waals surface area contributed by atoms with Crippen LogP contribution in [0.25, 0.3) is 0 Å². The van der Waals surface area contributed by atoms with Crippen LogP contribution in [-0.2, 0) is 0 Å². The van der Waals surface area contributed by atoms with Gasteiger partial charge in [-0.3, -0.25) is 0 Å². The van der Waals surface area contributed by atoms with Gasteiger partial charge in [0.2, 0.25) is 0 Å². The zero-order valence-corrected chi connectivity index (χ0v) is 3.63. The van der Waals surface area contributed by atoms with Crippen molar-refractivity contribution in [3.8, 4) is 0 Å². The predicted molar refractivity (Wildman–Crippen MR) is 24.5 cm³/mol. The van der Waals surface area contributed by atoms with Crippen LogP contribution in [0.2, 0.25) is 0 Å². The van der Waals surface area contributed by atoms with E-state index in [2.05, 4.69) is 0 Å². The molecule has 0 aliphatic carbocycles. The monoisotopic (exact) mass is 74.0 g/mol. The van der Waals surface area contributed by atoms with Crippen molar-refractivity contribution in [1.82, 2.24) is 0 Å². The summed E-state index contributed by atoms with van der Waals surface area (Å²) < 4.78 is 6.56. The van der Waals surface area contributed by atoms with Crippen LogP contribution in [0.1, 0.15) is 1.37 Å². The highest BCUT2D eigenvalue weighted by Crippen LogP contribution is 2.12. The van der Waals surface area contributed by atoms with Gasteiger partial charge in [0, 0.05) is 1.37 Å². The minimum atomic E-state index is -0.432. The van der Waals surface area contributed by atoms with Crippen molar-refractivity contribution in [1.29, 1.82) is 0 Å². The molecule has 0 aliphatic heterocycles. The Kier molecular flexibility index (Phi) is 1.21. The highest BCUT2D eigenvalue weighted by Gasteiger charge is 1.66. The SMILES string of the molecule is [3H]CP([B])C. The summed E-state index contributed by atoms with van der Waals surface area (Å²) in [6.45, 7) is 2.28. The normalized spacial score (nSPS) is 18.8. The second-order valence-corrected chi connectivity index (χ2v) is 2.27. The average molecular weight is 73.9 g/mol. The number of hydrogen-bond donors (Lipinski definition) is 0. The van der Waals surface area contributed by atoms with Gasteiger partial charge in [-0.25, -0.2) is 0 Å². The van der Waals surface area contributed by atoms with Crippen LogP contribution in [-0.4, -0.2) is 20.9 Å². The van der Waals surface area contributed by atoms with Gasteiger partial charge in [0.25, 0.3) is 0 Å². The van der Waals surface area contributed by atoms with Crippen molar-refractivity contribution < 1.29 is 1.37 Å². The predicted octanol–water partition coefficient (Wildman–Crippen LogP) is 0.811. The highest BCUT2D eigenvalue weighted by atomic mass is 31.1. The van der Waals surface area contributed by atoms with Crippen molar-refractivity contribution in [2.75, 3.05) is 13.3 Å². The molecule has 0 bridgehead atoms. The zero-order valence-electron chi connectivity index (χ0n) is 3.73. The molecule has 1 unspecified atom stereocenters. The van der Waals surface area contributed by atoms with Crippen molar-refractivity contribution in [2.24, 2.45) is 0 Å². The Morgan fingerprint density at radius 2 is 2.50 bits per heavy atom. The van der Waals surface area contributed by atoms with E-state index in [0.29, 0.717) is 6.64 Å². The minimum absolute atomic E-state index is 0.398. The van der Waals surface area contributed by atoms with Crippen molar-refractivity contribution in [2.45, 2.75) is 0 Å². The topological polar surface area (TPSA) is 0 Å². The van der Waals surface area contributed by atoms with Gasteiger partial charge < -0.3 is 0 Å². The lowest BCUT2D eigenvalue weighted by atomic mass is 10.8. The first kappa shape index (κ1) is 2.72. The maximum absolute atomic E-state index is 6.56. The van der Waals surface area contributed by atoms with Gasteiger partial charge in [-0.15, -0.1) is 0 Å². The summed E-state index contributed by atoms with van der Waals surface area (Å²) in [6, 6.07) is 0. The van der Waals surface area contributed by atoms with Gasteiger partial charge in [0.05, 0.1) is 0 Å². The van der Waals surface area contributed by atoms with E-state index in [-0.39, 0.29) is 0 Å². The van der Waals surface area contributed by atoms with Gasteiger partial charge in [-0.05, 0) is 0 Å². The molecule has 0 spiro atoms. The number of hydrogen-bond acceptors (Lipinski definition) is 0. The molecule has 22 valence electrons. The molecule has 0 N–H and O–H groups in total. The Morgan fingerprint density at radius 3 is 2.50 bits per heavy atom. The first-order valence-corrected chi connectivity index (χ1v) is 3.06. The maximum atomic E-state index is 6.56. The lowest BCUT2D eigenvalue weighted by Gasteiger charge is -1.82. The third-order valence-electron chi connectivity index (χ3n) is 0. The maximum Gasteiger partial charge on any atom is 0.108 e. The standard InChI is InChI=1S/C2H6BP/c1-4(2)3/h1-2H3/i1T. The molecule has 2 radical (unpaired) electrons. The second kappa shape index (κ2) is 1.78. The van der Waals surface area contributed by atoms with Crippen LogP contribution in [0.15, 0.2) is 0 Å². The fraction of sp³-hybridized carbons (Fsp3) is 1.00. The van der Waals surface area contributed by atoms with E-state index >= 15 is 0 Å². The van der Waals surface area contributed by atoms with E-state index in [4.69, 9.17) is 8.94 Å². The molecular weight excluding hydrogens is 65.8 g/mol. The van der Waals surface area contributed by atoms with Crippen molar-refractivity contribution in [3.63, 3.8) is 0 Å². The summed E-state index contributed by atoms with van der Waals surface area (Å²) in [5.74, 6) is 0. The van der Waals surface area contributed by atoms with Crippen LogP contribution in [0.4, 0.5) is 0 Å². The van der Waals surface area contributed by atoms with E-state index in [0.717, 1.165) is 0 Å². The quantitative estimate of drug-likeness (QED) is 0.294. The molecule has 0 aromatic heterocycles. The van der Waals surface area contributed by atoms with E-state index < -0.39 is 7.80 Å². The highest BCUT2D eigenvalue weighted by molar-refractivity contribution is 7.80. The van der Waals surface area contributed by atoms with Crippen LogP contribution < -0.4 is 0 Å². The summed E-state index contributed by atoms with van der Waals surface area (Å²) in [5.41, 5.74) is 0. The van der Waals surface area contributed by atoms with E-state index in [1.807, 2.05) is 6.66 Å². The van der Waals surface area contributed by atoms with Crippen LogP contribution in [0, 0.1) is 0 Å². The zero-order chi connectivity index (χ0) is 4.28. The van der Waals surface area contributed by atoms with Gasteiger partial charge in [0.15, 0.2) is 0 Å². The molecule has 0 saturated heterocycles. The van der Waals surface area contributed by atoms with E-state index in [1.165, 1.54) is 0 Å². The lowest BCUT2D eigenvalue weighted by molar-refractivity contribution is 2.29. The molecule has 0 rings (SSSR count). The first-order valence-electron chi connectivity index (χ1n) is 1.73. The smallest absolute Gasteiger partial charge is 0.108 e. The van der Waals surface area contributed by atoms with E-state index in [9.17, 15) is 0 Å². The minimum Gasteiger partial charge on any atom is -0.163 e. The van der Waals surface area contributed by atoms with Gasteiger partial charge in [-0.2, -0.15) is 7.80 Å². The molecule has 1 atom stereocenters. The molecule has 0 nitrogen and oxygen atoms in total. The molecule has 0 aromatic rings. The Balaban J connectivity index is 2.54. The summed E-state index contributed by atoms with van der Waals surface area (Å²) >= 11 is 0. The molecular formula is C2H6BP. The Labute approximate surface area is 31.1 Å². The largest absolute Gasteiger partial charge is 0.163 e. The van der Waals surface area contributed by atoms with Crippen LogP contribution in [0.3, 0.4) is 0 Å². The van der Waals surface area contributed by atoms with Crippen molar-refractivity contribution >= 4 is 15.4 Å². The Hall–Kier alpha value is 0.495. The molecule has 4 heavy (non-hydrogen) atoms. The fourth-order valence-electron chi connectivity index (χ4n) is 0. The van der Waals surface area contributed by atoms with Crippen molar-refractivity contribution in [3.05, 3.63) is 0 Å². The number of rotatable bonds is 0. The molecule has 0 heterocycles. The molecule has 0 fully saturated rings. The Bertz CT molecular complexity index is 23.6. The van der Waals surface area contributed by atoms with E-state index in [1.54, 1.807) is 0 Å². The third-order valence-corrected chi connectivity index (χ3v) is 0. The lowest BCUT2D eigenvalue weighted by Crippen LogP contribution is -1.52. The molecule has 0 aromatic carbocycles. The van der Waals surface area contributed by atoms with Crippen LogP contribution >= 0.6 is 7.80 Å². The van der Waals surface area contributed by atoms with Gasteiger partial charge in [0.1, 0.15) is 7.57 Å². The summed E-state index contributed by atoms with van der Waals surface area (Å²) in [6.07, 6.45) is 0. The molecule has 0 amide bonds. The molecule has 0 saturated carbocycles. The first-order chi connectivity index (χ1) is 2.27. The second-order valence-electron chi connectivity index (χ2n) is 0.757. The summed E-state index contributed by atoms with van der Waals surface area (Å²) in [4.78, 5) is 0.